The molecule has 0 unspecified atom stereocenters. The molecule has 110 valence electrons. The number of aliphatic hydroxyl groups excluding tert-OH is 1. The molecule has 20 heavy (non-hydrogen) atoms. The van der Waals surface area contributed by atoms with Crippen molar-refractivity contribution in [3.8, 4) is 0 Å². The minimum Gasteiger partial charge on any atom is -0.393 e. The van der Waals surface area contributed by atoms with Crippen molar-refractivity contribution in [3.63, 3.8) is 0 Å². The third kappa shape index (κ3) is 3.77. The van der Waals surface area contributed by atoms with E-state index in [1.54, 1.807) is 24.1 Å². The van der Waals surface area contributed by atoms with Crippen molar-refractivity contribution in [2.24, 2.45) is 0 Å². The van der Waals surface area contributed by atoms with E-state index in [1.807, 2.05) is 0 Å². The summed E-state index contributed by atoms with van der Waals surface area (Å²) in [5.41, 5.74) is 0.927. The van der Waals surface area contributed by atoms with Crippen LogP contribution in [0.3, 0.4) is 0 Å². The summed E-state index contributed by atoms with van der Waals surface area (Å²) >= 11 is 0. The number of hydrogen-bond acceptors (Lipinski definition) is 3. The van der Waals surface area contributed by atoms with Crippen LogP contribution in [0.5, 0.6) is 0 Å². The second kappa shape index (κ2) is 6.81. The van der Waals surface area contributed by atoms with Crippen LogP contribution in [0.25, 0.3) is 0 Å². The van der Waals surface area contributed by atoms with Crippen LogP contribution in [0.2, 0.25) is 0 Å². The first-order chi connectivity index (χ1) is 9.60. The number of nitrogens with one attached hydrogen (secondary N) is 1. The Balaban J connectivity index is 1.97. The number of likely N-dealkylation sites (tertiary alicyclic amines) is 1. The molecule has 1 amide bonds. The number of amides is 1. The van der Waals surface area contributed by atoms with E-state index < -0.39 is 0 Å². The summed E-state index contributed by atoms with van der Waals surface area (Å²) < 4.78 is 12.9. The highest BCUT2D eigenvalue weighted by Gasteiger charge is 2.26. The fraction of sp³-hybridized carbons (Fsp3) is 0.533. The summed E-state index contributed by atoms with van der Waals surface area (Å²) in [5, 5.41) is 12.5. The molecule has 2 N–H and O–H groups in total. The number of nitrogens with zero attached hydrogens (tertiary/aromatic N) is 1. The van der Waals surface area contributed by atoms with Gasteiger partial charge in [-0.2, -0.15) is 0 Å². The topological polar surface area (TPSA) is 52.6 Å². The Morgan fingerprint density at radius 2 is 2.00 bits per heavy atom. The molecule has 1 aliphatic heterocycles. The monoisotopic (exact) mass is 280 g/mol. The van der Waals surface area contributed by atoms with Gasteiger partial charge in [0.1, 0.15) is 5.82 Å². The fourth-order valence-electron chi connectivity index (χ4n) is 2.48. The zero-order valence-corrected chi connectivity index (χ0v) is 11.7. The highest BCUT2D eigenvalue weighted by molar-refractivity contribution is 5.82. The summed E-state index contributed by atoms with van der Waals surface area (Å²) in [5.74, 6) is -0.227. The van der Waals surface area contributed by atoms with Crippen LogP contribution in [0.15, 0.2) is 24.3 Å². The highest BCUT2D eigenvalue weighted by atomic mass is 19.1. The van der Waals surface area contributed by atoms with Gasteiger partial charge in [-0.15, -0.1) is 0 Å². The average Bonchev–Trinajstić information content (AvgIpc) is 2.47. The third-order valence-electron chi connectivity index (χ3n) is 3.78. The number of carbonyl (C=O) groups is 1. The Labute approximate surface area is 118 Å². The maximum Gasteiger partial charge on any atom is 0.240 e. The average molecular weight is 280 g/mol. The molecule has 2 rings (SSSR count). The smallest absolute Gasteiger partial charge is 0.240 e. The molecule has 0 aromatic heterocycles. The predicted octanol–water partition coefficient (Wildman–Crippen LogP) is 0.939. The minimum absolute atomic E-state index is 0.0451. The summed E-state index contributed by atoms with van der Waals surface area (Å²) in [4.78, 5) is 14.2. The van der Waals surface area contributed by atoms with Crippen LogP contribution in [0.4, 0.5) is 4.39 Å². The van der Waals surface area contributed by atoms with Crippen molar-refractivity contribution in [1.82, 2.24) is 10.2 Å². The van der Waals surface area contributed by atoms with Gasteiger partial charge in [-0.1, -0.05) is 12.1 Å². The van der Waals surface area contributed by atoms with Crippen LogP contribution in [-0.4, -0.2) is 48.2 Å². The Bertz CT molecular complexity index is 442. The number of likely N-dealkylation sites (N-methyl/N-ethyl adjacent to an activating group) is 1. The Morgan fingerprint density at radius 3 is 2.55 bits per heavy atom. The largest absolute Gasteiger partial charge is 0.393 e. The number of aliphatic hydroxyl groups is 1. The summed E-state index contributed by atoms with van der Waals surface area (Å²) in [6.45, 7) is 1.20. The lowest BCUT2D eigenvalue weighted by Crippen LogP contribution is -2.49. The maximum atomic E-state index is 12.9. The van der Waals surface area contributed by atoms with Crippen molar-refractivity contribution in [2.45, 2.75) is 31.4 Å². The SMILES string of the molecule is CN[C@H](Cc1ccc(F)cc1)C(=O)N1CCC(O)CC1. The summed E-state index contributed by atoms with van der Waals surface area (Å²) in [6.07, 6.45) is 1.52. The van der Waals surface area contributed by atoms with E-state index in [2.05, 4.69) is 5.32 Å². The highest BCUT2D eigenvalue weighted by Crippen LogP contribution is 2.13. The lowest BCUT2D eigenvalue weighted by molar-refractivity contribution is -0.135. The number of rotatable bonds is 4. The van der Waals surface area contributed by atoms with Gasteiger partial charge in [0.15, 0.2) is 0 Å². The van der Waals surface area contributed by atoms with Crippen molar-refractivity contribution in [3.05, 3.63) is 35.6 Å². The molecule has 5 heteroatoms. The predicted molar refractivity (Wildman–Crippen MR) is 74.8 cm³/mol. The minimum atomic E-state index is -0.310. The normalized spacial score (nSPS) is 18.1. The number of piperidine rings is 1. The Hall–Kier alpha value is -1.46. The van der Waals surface area contributed by atoms with Gasteiger partial charge in [0.2, 0.25) is 5.91 Å². The molecule has 0 bridgehead atoms. The fourth-order valence-corrected chi connectivity index (χ4v) is 2.48. The number of hydrogen-bond donors (Lipinski definition) is 2. The van der Waals surface area contributed by atoms with E-state index in [0.717, 1.165) is 5.56 Å². The van der Waals surface area contributed by atoms with Gasteiger partial charge in [0.05, 0.1) is 12.1 Å². The summed E-state index contributed by atoms with van der Waals surface area (Å²) in [7, 11) is 1.75. The molecular weight excluding hydrogens is 259 g/mol. The second-order valence-corrected chi connectivity index (χ2v) is 5.23. The molecule has 1 aliphatic rings. The van der Waals surface area contributed by atoms with Gasteiger partial charge >= 0.3 is 0 Å². The zero-order chi connectivity index (χ0) is 14.5. The van der Waals surface area contributed by atoms with E-state index in [9.17, 15) is 14.3 Å². The quantitative estimate of drug-likeness (QED) is 0.863. The molecule has 1 atom stereocenters. The van der Waals surface area contributed by atoms with Crippen molar-refractivity contribution < 1.29 is 14.3 Å². The van der Waals surface area contributed by atoms with Crippen LogP contribution >= 0.6 is 0 Å². The molecule has 0 spiro atoms. The van der Waals surface area contributed by atoms with Crippen LogP contribution in [-0.2, 0) is 11.2 Å². The first-order valence-corrected chi connectivity index (χ1v) is 6.98. The van der Waals surface area contributed by atoms with E-state index in [1.165, 1.54) is 12.1 Å². The molecule has 4 nitrogen and oxygen atoms in total. The van der Waals surface area contributed by atoms with Gasteiger partial charge in [0, 0.05) is 13.1 Å². The van der Waals surface area contributed by atoms with Crippen LogP contribution in [0, 0.1) is 5.82 Å². The van der Waals surface area contributed by atoms with Crippen molar-refractivity contribution in [1.29, 1.82) is 0 Å². The second-order valence-electron chi connectivity index (χ2n) is 5.23. The van der Waals surface area contributed by atoms with Crippen molar-refractivity contribution in [2.75, 3.05) is 20.1 Å². The third-order valence-corrected chi connectivity index (χ3v) is 3.78. The Morgan fingerprint density at radius 1 is 1.40 bits per heavy atom. The molecular formula is C15H21FN2O2. The van der Waals surface area contributed by atoms with E-state index >= 15 is 0 Å². The maximum absolute atomic E-state index is 12.9. The first-order valence-electron chi connectivity index (χ1n) is 6.98. The van der Waals surface area contributed by atoms with Gasteiger partial charge in [-0.25, -0.2) is 4.39 Å². The standard InChI is InChI=1S/C15H21FN2O2/c1-17-14(10-11-2-4-12(16)5-3-11)15(20)18-8-6-13(19)7-9-18/h2-5,13-14,17,19H,6-10H2,1H3/t14-/m1/s1. The molecule has 1 fully saturated rings. The summed E-state index contributed by atoms with van der Waals surface area (Å²) in [6, 6.07) is 5.91. The van der Waals surface area contributed by atoms with E-state index in [-0.39, 0.29) is 23.9 Å². The molecule has 0 aliphatic carbocycles. The first kappa shape index (κ1) is 14.9. The van der Waals surface area contributed by atoms with Crippen molar-refractivity contribution >= 4 is 5.91 Å². The molecule has 1 heterocycles. The lowest BCUT2D eigenvalue weighted by Gasteiger charge is -2.32. The number of halogens is 1. The molecule has 1 saturated heterocycles. The van der Waals surface area contributed by atoms with E-state index in [0.29, 0.717) is 32.4 Å². The number of carbonyl (C=O) groups excluding carboxylic acids is 1. The molecule has 0 radical (unpaired) electrons. The zero-order valence-electron chi connectivity index (χ0n) is 11.7. The van der Waals surface area contributed by atoms with E-state index in [4.69, 9.17) is 0 Å². The van der Waals surface area contributed by atoms with Gasteiger partial charge in [0.25, 0.3) is 0 Å². The van der Waals surface area contributed by atoms with Gasteiger partial charge in [-0.3, -0.25) is 4.79 Å². The number of benzene rings is 1. The lowest BCUT2D eigenvalue weighted by atomic mass is 10.0. The molecule has 1 aromatic carbocycles. The molecule has 0 saturated carbocycles. The molecule has 1 aromatic rings. The Kier molecular flexibility index (Phi) is 5.09. The van der Waals surface area contributed by atoms with Gasteiger partial charge < -0.3 is 15.3 Å². The van der Waals surface area contributed by atoms with Crippen LogP contribution < -0.4 is 5.32 Å². The van der Waals surface area contributed by atoms with Gasteiger partial charge in [-0.05, 0) is 44.0 Å². The van der Waals surface area contributed by atoms with Crippen LogP contribution in [0.1, 0.15) is 18.4 Å².